The number of carbonyl (C=O) groups excluding carboxylic acids is 1. The molecule has 22 heavy (non-hydrogen) atoms. The molecule has 1 amide bonds. The van der Waals surface area contributed by atoms with Gasteiger partial charge >= 0.3 is 0 Å². The van der Waals surface area contributed by atoms with Crippen molar-refractivity contribution in [3.8, 4) is 0 Å². The molecule has 0 aliphatic rings. The predicted molar refractivity (Wildman–Crippen MR) is 87.4 cm³/mol. The maximum absolute atomic E-state index is 10.4. The molecule has 0 aliphatic carbocycles. The van der Waals surface area contributed by atoms with E-state index in [-0.39, 0.29) is 12.0 Å². The van der Waals surface area contributed by atoms with Crippen LogP contribution in [0.2, 0.25) is 10.0 Å². The molecule has 2 rings (SSSR count). The van der Waals surface area contributed by atoms with Crippen LogP contribution in [0.1, 0.15) is 18.9 Å². The third-order valence-electron chi connectivity index (χ3n) is 3.00. The molecule has 116 valence electrons. The number of hydrogen-bond acceptors (Lipinski definition) is 5. The Morgan fingerprint density at radius 3 is 2.77 bits per heavy atom. The minimum Gasteiger partial charge on any atom is -0.352 e. The second-order valence-corrected chi connectivity index (χ2v) is 5.56. The fourth-order valence-corrected chi connectivity index (χ4v) is 2.38. The Morgan fingerprint density at radius 1 is 1.27 bits per heavy atom. The number of aromatic nitrogens is 3. The zero-order valence-corrected chi connectivity index (χ0v) is 13.4. The number of halogens is 2. The van der Waals surface area contributed by atoms with Crippen molar-refractivity contribution in [2.45, 2.75) is 25.8 Å². The van der Waals surface area contributed by atoms with Crippen LogP contribution < -0.4 is 10.6 Å². The quantitative estimate of drug-likeness (QED) is 0.757. The molecular weight excluding hydrogens is 325 g/mol. The van der Waals surface area contributed by atoms with E-state index in [4.69, 9.17) is 23.2 Å². The third-order valence-corrected chi connectivity index (χ3v) is 3.58. The van der Waals surface area contributed by atoms with Crippen LogP contribution in [0.15, 0.2) is 24.5 Å². The van der Waals surface area contributed by atoms with Gasteiger partial charge in [-0.05, 0) is 37.5 Å². The molecule has 1 atom stereocenters. The highest BCUT2D eigenvalue weighted by molar-refractivity contribution is 6.35. The van der Waals surface area contributed by atoms with E-state index in [1.54, 1.807) is 6.07 Å². The van der Waals surface area contributed by atoms with Gasteiger partial charge in [0.05, 0.1) is 0 Å². The van der Waals surface area contributed by atoms with Crippen LogP contribution in [-0.2, 0) is 11.2 Å². The summed E-state index contributed by atoms with van der Waals surface area (Å²) >= 11 is 12.0. The average molecular weight is 340 g/mol. The summed E-state index contributed by atoms with van der Waals surface area (Å²) in [5, 5.41) is 6.82. The summed E-state index contributed by atoms with van der Waals surface area (Å²) < 4.78 is 0. The molecular formula is C14H15Cl2N5O. The highest BCUT2D eigenvalue weighted by atomic mass is 35.5. The summed E-state index contributed by atoms with van der Waals surface area (Å²) in [6.07, 6.45) is 3.49. The number of nitrogens with zero attached hydrogens (tertiary/aromatic N) is 3. The lowest BCUT2D eigenvalue weighted by Gasteiger charge is -2.14. The van der Waals surface area contributed by atoms with Gasteiger partial charge in [-0.25, -0.2) is 9.97 Å². The first-order valence-electron chi connectivity index (χ1n) is 6.68. The number of anilines is 2. The minimum atomic E-state index is 0.123. The van der Waals surface area contributed by atoms with E-state index >= 15 is 0 Å². The van der Waals surface area contributed by atoms with Crippen molar-refractivity contribution < 1.29 is 4.79 Å². The Hall–Kier alpha value is -1.92. The summed E-state index contributed by atoms with van der Waals surface area (Å²) in [5.74, 6) is 0.620. The zero-order chi connectivity index (χ0) is 15.9. The number of benzene rings is 1. The number of hydrogen-bond donors (Lipinski definition) is 2. The van der Waals surface area contributed by atoms with E-state index in [0.717, 1.165) is 18.4 Å². The summed E-state index contributed by atoms with van der Waals surface area (Å²) in [5.41, 5.74) is 1.04. The number of aryl methyl sites for hydroxylation is 1. The van der Waals surface area contributed by atoms with Crippen molar-refractivity contribution in [2.75, 3.05) is 10.6 Å². The second-order valence-electron chi connectivity index (χ2n) is 4.71. The molecule has 1 unspecified atom stereocenters. The van der Waals surface area contributed by atoms with Crippen molar-refractivity contribution in [2.24, 2.45) is 0 Å². The number of rotatable bonds is 7. The molecule has 2 N–H and O–H groups in total. The lowest BCUT2D eigenvalue weighted by molar-refractivity contribution is -0.105. The van der Waals surface area contributed by atoms with Gasteiger partial charge in [-0.3, -0.25) is 10.1 Å². The molecule has 6 nitrogen and oxygen atoms in total. The third kappa shape index (κ3) is 4.82. The van der Waals surface area contributed by atoms with Crippen molar-refractivity contribution in [3.05, 3.63) is 40.1 Å². The SMILES string of the molecule is CC(CCc1ccc(Cl)cc1Cl)Nc1ncnc(NC=O)n1. The van der Waals surface area contributed by atoms with Gasteiger partial charge in [0.15, 0.2) is 0 Å². The highest BCUT2D eigenvalue weighted by Gasteiger charge is 2.08. The lowest BCUT2D eigenvalue weighted by atomic mass is 10.1. The van der Waals surface area contributed by atoms with Crippen molar-refractivity contribution in [1.29, 1.82) is 0 Å². The first kappa shape index (κ1) is 16.5. The fraction of sp³-hybridized carbons (Fsp3) is 0.286. The van der Waals surface area contributed by atoms with Crippen LogP contribution in [0.3, 0.4) is 0 Å². The van der Waals surface area contributed by atoms with Gasteiger partial charge in [0.2, 0.25) is 18.3 Å². The van der Waals surface area contributed by atoms with Crippen molar-refractivity contribution in [3.63, 3.8) is 0 Å². The Kier molecular flexibility index (Phi) is 5.91. The topological polar surface area (TPSA) is 79.8 Å². The van der Waals surface area contributed by atoms with Crippen LogP contribution in [0, 0.1) is 0 Å². The highest BCUT2D eigenvalue weighted by Crippen LogP contribution is 2.22. The van der Waals surface area contributed by atoms with Crippen LogP contribution in [0.4, 0.5) is 11.9 Å². The number of nitrogens with one attached hydrogen (secondary N) is 2. The normalized spacial score (nSPS) is 11.8. The maximum Gasteiger partial charge on any atom is 0.233 e. The monoisotopic (exact) mass is 339 g/mol. The molecule has 1 heterocycles. The minimum absolute atomic E-state index is 0.123. The molecule has 0 spiro atoms. The van der Waals surface area contributed by atoms with Crippen LogP contribution >= 0.6 is 23.2 Å². The van der Waals surface area contributed by atoms with Gasteiger partial charge in [0.25, 0.3) is 0 Å². The molecule has 0 radical (unpaired) electrons. The molecule has 0 saturated heterocycles. The summed E-state index contributed by atoms with van der Waals surface area (Å²) in [6, 6.07) is 5.61. The Bertz CT molecular complexity index is 653. The fourth-order valence-electron chi connectivity index (χ4n) is 1.88. The van der Waals surface area contributed by atoms with Gasteiger partial charge in [-0.15, -0.1) is 0 Å². The van der Waals surface area contributed by atoms with Crippen molar-refractivity contribution in [1.82, 2.24) is 15.0 Å². The molecule has 2 aromatic rings. The van der Waals surface area contributed by atoms with Gasteiger partial charge in [0.1, 0.15) is 6.33 Å². The van der Waals surface area contributed by atoms with E-state index in [0.29, 0.717) is 22.4 Å². The standard InChI is InChI=1S/C14H15Cl2N5O/c1-9(2-3-10-4-5-11(15)6-12(10)16)20-14-18-7-17-13(21-14)19-8-22/h4-9H,2-3H2,1H3,(H2,17,18,19,20,21,22). The molecule has 0 saturated carbocycles. The van der Waals surface area contributed by atoms with Gasteiger partial charge < -0.3 is 5.32 Å². The smallest absolute Gasteiger partial charge is 0.233 e. The van der Waals surface area contributed by atoms with Gasteiger partial charge in [-0.2, -0.15) is 4.98 Å². The number of amides is 1. The molecule has 1 aromatic heterocycles. The molecule has 1 aromatic carbocycles. The Labute approximate surface area is 138 Å². The molecule has 0 bridgehead atoms. The van der Waals surface area contributed by atoms with Gasteiger partial charge in [0, 0.05) is 16.1 Å². The number of carbonyl (C=O) groups is 1. The van der Waals surface area contributed by atoms with Crippen molar-refractivity contribution >= 4 is 41.5 Å². The van der Waals surface area contributed by atoms with Gasteiger partial charge in [-0.1, -0.05) is 29.3 Å². The second kappa shape index (κ2) is 7.91. The lowest BCUT2D eigenvalue weighted by Crippen LogP contribution is -2.18. The summed E-state index contributed by atoms with van der Waals surface area (Å²) in [6.45, 7) is 2.01. The Morgan fingerprint density at radius 2 is 2.05 bits per heavy atom. The predicted octanol–water partition coefficient (Wildman–Crippen LogP) is 3.18. The average Bonchev–Trinajstić information content (AvgIpc) is 2.47. The largest absolute Gasteiger partial charge is 0.352 e. The molecule has 8 heteroatoms. The van der Waals surface area contributed by atoms with Crippen LogP contribution in [-0.4, -0.2) is 27.4 Å². The Balaban J connectivity index is 1.91. The van der Waals surface area contributed by atoms with E-state index in [2.05, 4.69) is 25.6 Å². The van der Waals surface area contributed by atoms with E-state index < -0.39 is 0 Å². The first-order chi connectivity index (χ1) is 10.6. The maximum atomic E-state index is 10.4. The van der Waals surface area contributed by atoms with Crippen LogP contribution in [0.5, 0.6) is 0 Å². The zero-order valence-electron chi connectivity index (χ0n) is 11.9. The van der Waals surface area contributed by atoms with E-state index in [1.165, 1.54) is 6.33 Å². The summed E-state index contributed by atoms with van der Waals surface area (Å²) in [7, 11) is 0. The molecule has 0 fully saturated rings. The summed E-state index contributed by atoms with van der Waals surface area (Å²) in [4.78, 5) is 22.3. The molecule has 0 aliphatic heterocycles. The van der Waals surface area contributed by atoms with Crippen LogP contribution in [0.25, 0.3) is 0 Å². The first-order valence-corrected chi connectivity index (χ1v) is 7.43. The van der Waals surface area contributed by atoms with E-state index in [9.17, 15) is 4.79 Å². The van der Waals surface area contributed by atoms with E-state index in [1.807, 2.05) is 19.1 Å².